The fourth-order valence-electron chi connectivity index (χ4n) is 2.98. The summed E-state index contributed by atoms with van der Waals surface area (Å²) in [6.07, 6.45) is 1.45. The summed E-state index contributed by atoms with van der Waals surface area (Å²) in [5.74, 6) is 1.48. The van der Waals surface area contributed by atoms with Gasteiger partial charge in [-0.05, 0) is 97.5 Å². The van der Waals surface area contributed by atoms with Gasteiger partial charge in [-0.3, -0.25) is 4.79 Å². The number of aromatic nitrogens is 4. The summed E-state index contributed by atoms with van der Waals surface area (Å²) in [4.78, 5) is 20.9. The SMILES string of the molecule is Cc1nn(-c2cc(Oc3ccc(NC(=O)c4ccc(I)cc4)cc3)ncn2)c(C)c1C. The number of nitrogens with zero attached hydrogens (tertiary/aromatic N) is 4. The number of aryl methyl sites for hydroxylation is 1. The Morgan fingerprint density at radius 1 is 1.00 bits per heavy atom. The highest BCUT2D eigenvalue weighted by Crippen LogP contribution is 2.24. The molecule has 4 aromatic rings. The van der Waals surface area contributed by atoms with Crippen molar-refractivity contribution in [3.63, 3.8) is 0 Å². The summed E-state index contributed by atoms with van der Waals surface area (Å²) in [7, 11) is 0. The zero-order valence-corrected chi connectivity index (χ0v) is 19.4. The molecule has 0 radical (unpaired) electrons. The molecular formula is C23H20IN5O2. The summed E-state index contributed by atoms with van der Waals surface area (Å²) < 4.78 is 8.73. The van der Waals surface area contributed by atoms with E-state index in [1.807, 2.05) is 32.9 Å². The van der Waals surface area contributed by atoms with Crippen LogP contribution in [0.5, 0.6) is 11.6 Å². The van der Waals surface area contributed by atoms with Crippen LogP contribution in [0.3, 0.4) is 0 Å². The molecule has 0 bridgehead atoms. The largest absolute Gasteiger partial charge is 0.439 e. The number of benzene rings is 2. The standard InChI is InChI=1S/C23H20IN5O2/c1-14-15(2)28-29(16(14)3)21-12-22(26-13-25-21)31-20-10-8-19(9-11-20)27-23(30)17-4-6-18(24)7-5-17/h4-13H,1-3H3,(H,27,30). The van der Waals surface area contributed by atoms with Crippen molar-refractivity contribution in [2.24, 2.45) is 0 Å². The van der Waals surface area contributed by atoms with Crippen LogP contribution in [0.4, 0.5) is 5.69 Å². The van der Waals surface area contributed by atoms with Crippen LogP contribution in [0.2, 0.25) is 0 Å². The fourth-order valence-corrected chi connectivity index (χ4v) is 3.34. The predicted octanol–water partition coefficient (Wildman–Crippen LogP) is 5.24. The summed E-state index contributed by atoms with van der Waals surface area (Å²) >= 11 is 2.21. The number of carbonyl (C=O) groups excluding carboxylic acids is 1. The maximum Gasteiger partial charge on any atom is 0.255 e. The molecule has 1 N–H and O–H groups in total. The van der Waals surface area contributed by atoms with Gasteiger partial charge < -0.3 is 10.1 Å². The third kappa shape index (κ3) is 4.74. The zero-order chi connectivity index (χ0) is 22.0. The van der Waals surface area contributed by atoms with Crippen molar-refractivity contribution in [3.05, 3.63) is 87.0 Å². The van der Waals surface area contributed by atoms with Crippen molar-refractivity contribution in [1.29, 1.82) is 0 Å². The molecule has 2 heterocycles. The van der Waals surface area contributed by atoms with Crippen LogP contribution in [-0.2, 0) is 0 Å². The molecule has 0 fully saturated rings. The van der Waals surface area contributed by atoms with Gasteiger partial charge in [0.1, 0.15) is 12.1 Å². The minimum Gasteiger partial charge on any atom is -0.439 e. The van der Waals surface area contributed by atoms with Gasteiger partial charge in [-0.15, -0.1) is 0 Å². The minimum atomic E-state index is -0.161. The van der Waals surface area contributed by atoms with Gasteiger partial charge in [-0.2, -0.15) is 5.10 Å². The van der Waals surface area contributed by atoms with E-state index in [2.05, 4.69) is 43.0 Å². The molecule has 156 valence electrons. The maximum absolute atomic E-state index is 12.4. The van der Waals surface area contributed by atoms with E-state index in [1.54, 1.807) is 47.1 Å². The summed E-state index contributed by atoms with van der Waals surface area (Å²) in [5.41, 5.74) is 4.40. The topological polar surface area (TPSA) is 81.9 Å². The number of carbonyl (C=O) groups is 1. The van der Waals surface area contributed by atoms with Crippen molar-refractivity contribution in [3.8, 4) is 17.4 Å². The first kappa shape index (κ1) is 21.0. The average molecular weight is 525 g/mol. The number of nitrogens with one attached hydrogen (secondary N) is 1. The Hall–Kier alpha value is -3.27. The summed E-state index contributed by atoms with van der Waals surface area (Å²) in [5, 5.41) is 7.41. The Morgan fingerprint density at radius 3 is 2.35 bits per heavy atom. The lowest BCUT2D eigenvalue weighted by atomic mass is 10.2. The monoisotopic (exact) mass is 525 g/mol. The zero-order valence-electron chi connectivity index (χ0n) is 17.3. The molecule has 7 nitrogen and oxygen atoms in total. The molecule has 8 heteroatoms. The molecular weight excluding hydrogens is 505 g/mol. The number of hydrogen-bond acceptors (Lipinski definition) is 5. The van der Waals surface area contributed by atoms with Crippen LogP contribution in [0.25, 0.3) is 5.82 Å². The molecule has 0 atom stereocenters. The minimum absolute atomic E-state index is 0.161. The third-order valence-electron chi connectivity index (χ3n) is 4.94. The lowest BCUT2D eigenvalue weighted by molar-refractivity contribution is 0.102. The first-order chi connectivity index (χ1) is 14.9. The second-order valence-electron chi connectivity index (χ2n) is 7.01. The molecule has 0 spiro atoms. The van der Waals surface area contributed by atoms with Crippen LogP contribution in [0.1, 0.15) is 27.3 Å². The van der Waals surface area contributed by atoms with E-state index in [-0.39, 0.29) is 5.91 Å². The smallest absolute Gasteiger partial charge is 0.255 e. The van der Waals surface area contributed by atoms with Crippen LogP contribution in [-0.4, -0.2) is 25.7 Å². The van der Waals surface area contributed by atoms with Crippen LogP contribution < -0.4 is 10.1 Å². The van der Waals surface area contributed by atoms with Gasteiger partial charge in [-0.1, -0.05) is 0 Å². The van der Waals surface area contributed by atoms with Gasteiger partial charge in [0.25, 0.3) is 5.91 Å². The number of anilines is 1. The second-order valence-corrected chi connectivity index (χ2v) is 8.26. The first-order valence-corrected chi connectivity index (χ1v) is 10.7. The highest BCUT2D eigenvalue weighted by molar-refractivity contribution is 14.1. The number of ether oxygens (including phenoxy) is 1. The molecule has 31 heavy (non-hydrogen) atoms. The number of halogens is 1. The van der Waals surface area contributed by atoms with Crippen LogP contribution in [0, 0.1) is 24.3 Å². The molecule has 0 aliphatic heterocycles. The van der Waals surface area contributed by atoms with E-state index < -0.39 is 0 Å². The van der Waals surface area contributed by atoms with E-state index in [0.717, 1.165) is 20.5 Å². The van der Waals surface area contributed by atoms with Gasteiger partial charge in [0.05, 0.1) is 5.69 Å². The Balaban J connectivity index is 1.46. The molecule has 2 aromatic carbocycles. The van der Waals surface area contributed by atoms with E-state index >= 15 is 0 Å². The van der Waals surface area contributed by atoms with Crippen molar-refractivity contribution >= 4 is 34.2 Å². The van der Waals surface area contributed by atoms with Crippen LogP contribution in [0.15, 0.2) is 60.9 Å². The quantitative estimate of drug-likeness (QED) is 0.361. The van der Waals surface area contributed by atoms with Gasteiger partial charge >= 0.3 is 0 Å². The Bertz CT molecular complexity index is 1230. The van der Waals surface area contributed by atoms with Crippen molar-refractivity contribution in [2.45, 2.75) is 20.8 Å². The lowest BCUT2D eigenvalue weighted by Crippen LogP contribution is -2.11. The van der Waals surface area contributed by atoms with Gasteiger partial charge in [-0.25, -0.2) is 14.6 Å². The third-order valence-corrected chi connectivity index (χ3v) is 5.66. The molecule has 0 unspecified atom stereocenters. The average Bonchev–Trinajstić information content (AvgIpc) is 3.03. The molecule has 4 rings (SSSR count). The normalized spacial score (nSPS) is 10.7. The van der Waals surface area contributed by atoms with Gasteiger partial charge in [0, 0.05) is 26.6 Å². The number of amides is 1. The predicted molar refractivity (Wildman–Crippen MR) is 127 cm³/mol. The molecule has 0 saturated heterocycles. The van der Waals surface area contributed by atoms with E-state index in [0.29, 0.717) is 28.7 Å². The highest BCUT2D eigenvalue weighted by Gasteiger charge is 2.12. The molecule has 1 amide bonds. The first-order valence-electron chi connectivity index (χ1n) is 9.61. The van der Waals surface area contributed by atoms with Crippen molar-refractivity contribution in [1.82, 2.24) is 19.7 Å². The van der Waals surface area contributed by atoms with E-state index in [1.165, 1.54) is 6.33 Å². The molecule has 0 aliphatic carbocycles. The van der Waals surface area contributed by atoms with Crippen molar-refractivity contribution in [2.75, 3.05) is 5.32 Å². The van der Waals surface area contributed by atoms with Gasteiger partial charge in [0.15, 0.2) is 5.82 Å². The highest BCUT2D eigenvalue weighted by atomic mass is 127. The summed E-state index contributed by atoms with van der Waals surface area (Å²) in [6, 6.07) is 16.3. The van der Waals surface area contributed by atoms with Gasteiger partial charge in [0.2, 0.25) is 5.88 Å². The van der Waals surface area contributed by atoms with Crippen LogP contribution >= 0.6 is 22.6 Å². The number of hydrogen-bond donors (Lipinski definition) is 1. The Labute approximate surface area is 193 Å². The van der Waals surface area contributed by atoms with E-state index in [9.17, 15) is 4.79 Å². The maximum atomic E-state index is 12.4. The molecule has 2 aromatic heterocycles. The molecule has 0 saturated carbocycles. The fraction of sp³-hybridized carbons (Fsp3) is 0.130. The Morgan fingerprint density at radius 2 is 1.71 bits per heavy atom. The Kier molecular flexibility index (Phi) is 5.99. The summed E-state index contributed by atoms with van der Waals surface area (Å²) in [6.45, 7) is 6.00. The van der Waals surface area contributed by atoms with E-state index in [4.69, 9.17) is 4.74 Å². The lowest BCUT2D eigenvalue weighted by Gasteiger charge is -2.09. The van der Waals surface area contributed by atoms with Crippen molar-refractivity contribution < 1.29 is 9.53 Å². The number of rotatable bonds is 5. The second kappa shape index (κ2) is 8.84. The molecule has 0 aliphatic rings.